The molecule has 0 spiro atoms. The largest absolute Gasteiger partial charge is 0.481 e. The summed E-state index contributed by atoms with van der Waals surface area (Å²) in [6, 6.07) is 10.3. The van der Waals surface area contributed by atoms with E-state index in [2.05, 4.69) is 16.8 Å². The van der Waals surface area contributed by atoms with Crippen LogP contribution < -0.4 is 10.5 Å². The molecule has 1 heterocycles. The van der Waals surface area contributed by atoms with Gasteiger partial charge in [-0.3, -0.25) is 0 Å². The number of hydrogen-bond acceptors (Lipinski definition) is 6. The lowest BCUT2D eigenvalue weighted by molar-refractivity contribution is -0.135. The van der Waals surface area contributed by atoms with Crippen LogP contribution in [0.2, 0.25) is 0 Å². The average molecular weight is 426 g/mol. The Labute approximate surface area is 175 Å². The SMILES string of the molecule is CC#CCOc1ccc(S(=O)(=O)OC(=O)[C@@H](N)Cc2c[nH]c3ccc(C)cc23)cc1. The van der Waals surface area contributed by atoms with Crippen molar-refractivity contribution in [2.75, 3.05) is 6.61 Å². The van der Waals surface area contributed by atoms with Crippen LogP contribution in [0.4, 0.5) is 0 Å². The molecule has 7 nitrogen and oxygen atoms in total. The van der Waals surface area contributed by atoms with Crippen LogP contribution in [0.25, 0.3) is 10.9 Å². The fraction of sp³-hybridized carbons (Fsp3) is 0.227. The monoisotopic (exact) mass is 426 g/mol. The van der Waals surface area contributed by atoms with Gasteiger partial charge in [-0.15, -0.1) is 5.92 Å². The summed E-state index contributed by atoms with van der Waals surface area (Å²) in [5.74, 6) is 4.86. The number of carbonyl (C=O) groups is 1. The smallest absolute Gasteiger partial charge is 0.341 e. The number of rotatable bonds is 7. The van der Waals surface area contributed by atoms with Gasteiger partial charge in [0.25, 0.3) is 0 Å². The van der Waals surface area contributed by atoms with E-state index in [1.54, 1.807) is 13.1 Å². The quantitative estimate of drug-likeness (QED) is 0.444. The zero-order valence-corrected chi connectivity index (χ0v) is 17.5. The van der Waals surface area contributed by atoms with Gasteiger partial charge in [0.2, 0.25) is 0 Å². The van der Waals surface area contributed by atoms with Gasteiger partial charge in [-0.1, -0.05) is 17.6 Å². The van der Waals surface area contributed by atoms with Crippen LogP contribution in [0.15, 0.2) is 53.6 Å². The Morgan fingerprint density at radius 1 is 1.20 bits per heavy atom. The zero-order chi connectivity index (χ0) is 21.7. The third kappa shape index (κ3) is 5.00. The molecule has 3 rings (SSSR count). The molecular weight excluding hydrogens is 404 g/mol. The Hall–Kier alpha value is -3.28. The molecule has 0 aliphatic heterocycles. The Balaban J connectivity index is 1.67. The Morgan fingerprint density at radius 2 is 1.93 bits per heavy atom. The van der Waals surface area contributed by atoms with Crippen LogP contribution in [-0.2, 0) is 25.5 Å². The van der Waals surface area contributed by atoms with Crippen molar-refractivity contribution in [3.05, 3.63) is 59.8 Å². The second-order valence-electron chi connectivity index (χ2n) is 6.72. The molecule has 0 saturated heterocycles. The van der Waals surface area contributed by atoms with E-state index in [-0.39, 0.29) is 17.9 Å². The Bertz CT molecular complexity index is 1220. The molecule has 0 aliphatic rings. The number of carbonyl (C=O) groups excluding carboxylic acids is 1. The summed E-state index contributed by atoms with van der Waals surface area (Å²) in [6.45, 7) is 3.85. The van der Waals surface area contributed by atoms with E-state index in [0.717, 1.165) is 22.0 Å². The van der Waals surface area contributed by atoms with Crippen molar-refractivity contribution in [3.63, 3.8) is 0 Å². The van der Waals surface area contributed by atoms with Crippen molar-refractivity contribution in [2.45, 2.75) is 31.2 Å². The van der Waals surface area contributed by atoms with Crippen LogP contribution in [0, 0.1) is 18.8 Å². The van der Waals surface area contributed by atoms with Gasteiger partial charge in [0.05, 0.1) is 0 Å². The lowest BCUT2D eigenvalue weighted by Crippen LogP contribution is -2.35. The zero-order valence-electron chi connectivity index (χ0n) is 16.6. The number of hydrogen-bond donors (Lipinski definition) is 2. The molecule has 1 aromatic heterocycles. The van der Waals surface area contributed by atoms with Crippen molar-refractivity contribution >= 4 is 27.0 Å². The highest BCUT2D eigenvalue weighted by atomic mass is 32.2. The van der Waals surface area contributed by atoms with E-state index in [0.29, 0.717) is 5.75 Å². The summed E-state index contributed by atoms with van der Waals surface area (Å²) in [5, 5.41) is 0.935. The van der Waals surface area contributed by atoms with Gasteiger partial charge in [0, 0.05) is 23.5 Å². The van der Waals surface area contributed by atoms with Crippen LogP contribution in [-0.4, -0.2) is 32.0 Å². The normalized spacial score (nSPS) is 12.1. The molecule has 0 radical (unpaired) electrons. The van der Waals surface area contributed by atoms with Gasteiger partial charge < -0.3 is 19.6 Å². The minimum absolute atomic E-state index is 0.142. The van der Waals surface area contributed by atoms with Crippen LogP contribution >= 0.6 is 0 Å². The average Bonchev–Trinajstić information content (AvgIpc) is 3.10. The van der Waals surface area contributed by atoms with Crippen LogP contribution in [0.3, 0.4) is 0 Å². The van der Waals surface area contributed by atoms with E-state index in [1.165, 1.54) is 24.3 Å². The number of nitrogens with two attached hydrogens (primary N) is 1. The molecule has 30 heavy (non-hydrogen) atoms. The first-order valence-corrected chi connectivity index (χ1v) is 10.6. The molecule has 2 aromatic carbocycles. The van der Waals surface area contributed by atoms with Gasteiger partial charge in [0.15, 0.2) is 0 Å². The van der Waals surface area contributed by atoms with E-state index < -0.39 is 22.1 Å². The van der Waals surface area contributed by atoms with Crippen molar-refractivity contribution < 1.29 is 22.1 Å². The lowest BCUT2D eigenvalue weighted by atomic mass is 10.0. The third-order valence-electron chi connectivity index (χ3n) is 4.46. The van der Waals surface area contributed by atoms with Crippen molar-refractivity contribution in [2.24, 2.45) is 5.73 Å². The maximum absolute atomic E-state index is 12.4. The van der Waals surface area contributed by atoms with E-state index in [4.69, 9.17) is 14.7 Å². The van der Waals surface area contributed by atoms with Crippen molar-refractivity contribution in [1.82, 2.24) is 4.98 Å². The summed E-state index contributed by atoms with van der Waals surface area (Å²) in [5.41, 5.74) is 8.72. The summed E-state index contributed by atoms with van der Waals surface area (Å²) in [7, 11) is -4.30. The third-order valence-corrected chi connectivity index (χ3v) is 5.69. The topological polar surface area (TPSA) is 111 Å². The number of benzene rings is 2. The minimum Gasteiger partial charge on any atom is -0.481 e. The number of H-pyrrole nitrogens is 1. The van der Waals surface area contributed by atoms with Crippen molar-refractivity contribution in [1.29, 1.82) is 0 Å². The molecule has 1 atom stereocenters. The van der Waals surface area contributed by atoms with Crippen molar-refractivity contribution in [3.8, 4) is 17.6 Å². The van der Waals surface area contributed by atoms with Gasteiger partial charge in [-0.25, -0.2) is 4.79 Å². The maximum Gasteiger partial charge on any atom is 0.341 e. The summed E-state index contributed by atoms with van der Waals surface area (Å²) in [4.78, 5) is 15.3. The first-order valence-electron chi connectivity index (χ1n) is 9.23. The number of fused-ring (bicyclic) bond motifs is 1. The van der Waals surface area contributed by atoms with Gasteiger partial charge in [-0.2, -0.15) is 8.42 Å². The molecular formula is C22H22N2O5S. The highest BCUT2D eigenvalue weighted by molar-refractivity contribution is 7.87. The highest BCUT2D eigenvalue weighted by Crippen LogP contribution is 2.22. The first kappa shape index (κ1) is 21.4. The van der Waals surface area contributed by atoms with E-state index >= 15 is 0 Å². The molecule has 3 aromatic rings. The molecule has 0 aliphatic carbocycles. The standard InChI is InChI=1S/C22H22N2O5S/c1-3-4-11-28-17-6-8-18(9-7-17)30(26,27)29-22(25)20(23)13-16-14-24-21-10-5-15(2)12-19(16)21/h5-10,12,14,20,24H,11,13,23H2,1-2H3/t20-/m0/s1. The molecule has 0 bridgehead atoms. The summed E-state index contributed by atoms with van der Waals surface area (Å²) in [6.07, 6.45) is 1.90. The Kier molecular flexibility index (Phi) is 6.45. The number of aryl methyl sites for hydroxylation is 1. The van der Waals surface area contributed by atoms with E-state index in [9.17, 15) is 13.2 Å². The van der Waals surface area contributed by atoms with Crippen LogP contribution in [0.1, 0.15) is 18.1 Å². The Morgan fingerprint density at radius 3 is 2.63 bits per heavy atom. The van der Waals surface area contributed by atoms with E-state index in [1.807, 2.05) is 25.1 Å². The second-order valence-corrected chi connectivity index (χ2v) is 8.26. The number of aromatic amines is 1. The predicted molar refractivity (Wildman–Crippen MR) is 113 cm³/mol. The summed E-state index contributed by atoms with van der Waals surface area (Å²) < 4.78 is 34.9. The van der Waals surface area contributed by atoms with Crippen LogP contribution in [0.5, 0.6) is 5.75 Å². The van der Waals surface area contributed by atoms with Gasteiger partial charge in [0.1, 0.15) is 23.3 Å². The highest BCUT2D eigenvalue weighted by Gasteiger charge is 2.25. The molecule has 8 heteroatoms. The lowest BCUT2D eigenvalue weighted by Gasteiger charge is -2.11. The molecule has 0 amide bonds. The number of aromatic nitrogens is 1. The van der Waals surface area contributed by atoms with Gasteiger partial charge >= 0.3 is 16.1 Å². The molecule has 0 saturated carbocycles. The minimum atomic E-state index is -4.30. The van der Waals surface area contributed by atoms with Gasteiger partial charge in [-0.05, 0) is 55.8 Å². The predicted octanol–water partition coefficient (Wildman–Crippen LogP) is 2.68. The fourth-order valence-corrected chi connectivity index (χ4v) is 3.80. The molecule has 156 valence electrons. The summed E-state index contributed by atoms with van der Waals surface area (Å²) >= 11 is 0. The molecule has 3 N–H and O–H groups in total. The number of ether oxygens (including phenoxy) is 1. The molecule has 0 unspecified atom stereocenters. The maximum atomic E-state index is 12.4. The second kappa shape index (κ2) is 9.03. The first-order chi connectivity index (χ1) is 14.3. The fourth-order valence-electron chi connectivity index (χ4n) is 2.89. The number of nitrogens with one attached hydrogen (secondary N) is 1. The molecule has 0 fully saturated rings.